The minimum absolute atomic E-state index is 0.0176. The summed E-state index contributed by atoms with van der Waals surface area (Å²) < 4.78 is 13.4. The first-order chi connectivity index (χ1) is 13.1. The fourth-order valence-corrected chi connectivity index (χ4v) is 3.49. The minimum Gasteiger partial charge on any atom is -0.337 e. The number of amides is 3. The quantitative estimate of drug-likeness (QED) is 0.905. The largest absolute Gasteiger partial charge is 0.337 e. The number of fused-ring (bicyclic) bond motifs is 1. The van der Waals surface area contributed by atoms with Gasteiger partial charge < -0.3 is 15.1 Å². The van der Waals surface area contributed by atoms with Gasteiger partial charge in [-0.05, 0) is 41.3 Å². The maximum absolute atomic E-state index is 13.4. The van der Waals surface area contributed by atoms with E-state index >= 15 is 0 Å². The number of anilines is 1. The highest BCUT2D eigenvalue weighted by Crippen LogP contribution is 2.25. The Morgan fingerprint density at radius 1 is 1.15 bits per heavy atom. The molecule has 2 aliphatic rings. The summed E-state index contributed by atoms with van der Waals surface area (Å²) in [5.41, 5.74) is 3.68. The number of hydrogen-bond acceptors (Lipinski definition) is 2. The van der Waals surface area contributed by atoms with Gasteiger partial charge in [0.2, 0.25) is 5.91 Å². The summed E-state index contributed by atoms with van der Waals surface area (Å²) in [6.07, 6.45) is 2.85. The molecule has 0 aliphatic carbocycles. The van der Waals surface area contributed by atoms with E-state index in [0.29, 0.717) is 24.3 Å². The van der Waals surface area contributed by atoms with Crippen molar-refractivity contribution in [3.63, 3.8) is 0 Å². The Bertz CT molecular complexity index is 911. The lowest BCUT2D eigenvalue weighted by atomic mass is 9.99. The van der Waals surface area contributed by atoms with E-state index in [1.54, 1.807) is 11.0 Å². The molecule has 2 aromatic carbocycles. The van der Waals surface area contributed by atoms with Crippen LogP contribution in [0.2, 0.25) is 0 Å². The predicted molar refractivity (Wildman–Crippen MR) is 101 cm³/mol. The molecule has 2 aromatic rings. The van der Waals surface area contributed by atoms with Crippen LogP contribution in [0.3, 0.4) is 0 Å². The van der Waals surface area contributed by atoms with Crippen LogP contribution in [0.1, 0.15) is 17.5 Å². The van der Waals surface area contributed by atoms with Crippen LogP contribution in [-0.4, -0.2) is 41.4 Å². The molecule has 3 amide bonds. The highest BCUT2D eigenvalue weighted by Gasteiger charge is 2.27. The van der Waals surface area contributed by atoms with Gasteiger partial charge >= 0.3 is 6.03 Å². The summed E-state index contributed by atoms with van der Waals surface area (Å²) in [6.45, 7) is 1.36. The van der Waals surface area contributed by atoms with Crippen molar-refractivity contribution in [3.05, 3.63) is 71.6 Å². The third-order valence-electron chi connectivity index (χ3n) is 4.99. The second-order valence-corrected chi connectivity index (χ2v) is 6.77. The maximum atomic E-state index is 13.4. The van der Waals surface area contributed by atoms with Gasteiger partial charge in [0, 0.05) is 18.8 Å². The summed E-state index contributed by atoms with van der Waals surface area (Å²) in [4.78, 5) is 28.0. The second-order valence-electron chi connectivity index (χ2n) is 6.77. The fourth-order valence-electron chi connectivity index (χ4n) is 3.49. The molecule has 0 saturated carbocycles. The van der Waals surface area contributed by atoms with Crippen molar-refractivity contribution in [3.8, 4) is 0 Å². The monoisotopic (exact) mass is 365 g/mol. The molecule has 0 fully saturated rings. The average Bonchev–Trinajstić information content (AvgIpc) is 2.69. The van der Waals surface area contributed by atoms with Gasteiger partial charge in [-0.1, -0.05) is 36.4 Å². The Kier molecular flexibility index (Phi) is 4.62. The van der Waals surface area contributed by atoms with Crippen molar-refractivity contribution in [1.82, 2.24) is 9.80 Å². The molecule has 5 nitrogen and oxygen atoms in total. The van der Waals surface area contributed by atoms with E-state index in [1.165, 1.54) is 28.2 Å². The van der Waals surface area contributed by atoms with Crippen LogP contribution in [0, 0.1) is 5.82 Å². The van der Waals surface area contributed by atoms with Crippen molar-refractivity contribution in [2.45, 2.75) is 13.0 Å². The first-order valence-electron chi connectivity index (χ1n) is 8.97. The van der Waals surface area contributed by atoms with Gasteiger partial charge in [0.1, 0.15) is 12.4 Å². The highest BCUT2D eigenvalue weighted by atomic mass is 19.1. The van der Waals surface area contributed by atoms with Gasteiger partial charge in [0.05, 0.1) is 6.54 Å². The molecule has 27 heavy (non-hydrogen) atoms. The van der Waals surface area contributed by atoms with E-state index in [4.69, 9.17) is 0 Å². The van der Waals surface area contributed by atoms with Crippen molar-refractivity contribution >= 4 is 23.2 Å². The average molecular weight is 365 g/mol. The first kappa shape index (κ1) is 17.3. The number of halogens is 1. The SMILES string of the molecule is O=C(CN1Cc2cc(F)ccc2NC1=O)N1CC=C(c2ccccc2)CC1. The topological polar surface area (TPSA) is 52.7 Å². The molecule has 0 saturated heterocycles. The van der Waals surface area contributed by atoms with E-state index in [1.807, 2.05) is 18.2 Å². The molecule has 2 heterocycles. The zero-order valence-corrected chi connectivity index (χ0v) is 14.8. The van der Waals surface area contributed by atoms with Gasteiger partial charge in [-0.25, -0.2) is 9.18 Å². The molecule has 0 unspecified atom stereocenters. The summed E-state index contributed by atoms with van der Waals surface area (Å²) in [7, 11) is 0. The Morgan fingerprint density at radius 2 is 1.96 bits per heavy atom. The number of carbonyl (C=O) groups excluding carboxylic acids is 2. The number of hydrogen-bond donors (Lipinski definition) is 1. The molecular formula is C21H20FN3O2. The summed E-state index contributed by atoms with van der Waals surface area (Å²) in [5.74, 6) is -0.459. The summed E-state index contributed by atoms with van der Waals surface area (Å²) in [5, 5.41) is 2.71. The zero-order chi connectivity index (χ0) is 18.8. The van der Waals surface area contributed by atoms with Gasteiger partial charge in [-0.15, -0.1) is 0 Å². The molecule has 0 spiro atoms. The van der Waals surface area contributed by atoms with Crippen molar-refractivity contribution < 1.29 is 14.0 Å². The Balaban J connectivity index is 1.40. The van der Waals surface area contributed by atoms with E-state index in [-0.39, 0.29) is 30.8 Å². The van der Waals surface area contributed by atoms with E-state index in [9.17, 15) is 14.0 Å². The number of urea groups is 1. The number of benzene rings is 2. The van der Waals surface area contributed by atoms with E-state index in [2.05, 4.69) is 23.5 Å². The van der Waals surface area contributed by atoms with Crippen LogP contribution in [0.25, 0.3) is 5.57 Å². The number of carbonyl (C=O) groups is 2. The van der Waals surface area contributed by atoms with Crippen LogP contribution in [0.5, 0.6) is 0 Å². The second kappa shape index (κ2) is 7.23. The van der Waals surface area contributed by atoms with Crippen molar-refractivity contribution in [1.29, 1.82) is 0 Å². The molecule has 2 aliphatic heterocycles. The van der Waals surface area contributed by atoms with Gasteiger partial charge in [0.25, 0.3) is 0 Å². The molecule has 0 atom stereocenters. The Morgan fingerprint density at radius 3 is 2.70 bits per heavy atom. The molecule has 0 radical (unpaired) electrons. The molecular weight excluding hydrogens is 345 g/mol. The molecule has 1 N–H and O–H groups in total. The van der Waals surface area contributed by atoms with Gasteiger partial charge in [-0.3, -0.25) is 4.79 Å². The Labute approximate surface area is 157 Å². The summed E-state index contributed by atoms with van der Waals surface area (Å²) >= 11 is 0. The third kappa shape index (κ3) is 3.69. The van der Waals surface area contributed by atoms with E-state index in [0.717, 1.165) is 6.42 Å². The smallest absolute Gasteiger partial charge is 0.322 e. The third-order valence-corrected chi connectivity index (χ3v) is 4.99. The normalized spacial score (nSPS) is 16.5. The van der Waals surface area contributed by atoms with Crippen molar-refractivity contribution in [2.24, 2.45) is 0 Å². The van der Waals surface area contributed by atoms with Gasteiger partial charge in [-0.2, -0.15) is 0 Å². The lowest BCUT2D eigenvalue weighted by molar-refractivity contribution is -0.131. The van der Waals surface area contributed by atoms with Crippen LogP contribution < -0.4 is 5.32 Å². The molecule has 6 heteroatoms. The maximum Gasteiger partial charge on any atom is 0.322 e. The van der Waals surface area contributed by atoms with Crippen LogP contribution in [-0.2, 0) is 11.3 Å². The number of rotatable bonds is 3. The lowest BCUT2D eigenvalue weighted by Gasteiger charge is -2.32. The molecule has 0 aromatic heterocycles. The zero-order valence-electron chi connectivity index (χ0n) is 14.8. The number of nitrogens with one attached hydrogen (secondary N) is 1. The summed E-state index contributed by atoms with van der Waals surface area (Å²) in [6, 6.07) is 14.0. The fraction of sp³-hybridized carbons (Fsp3) is 0.238. The predicted octanol–water partition coefficient (Wildman–Crippen LogP) is 3.49. The van der Waals surface area contributed by atoms with E-state index < -0.39 is 0 Å². The Hall–Kier alpha value is -3.15. The van der Waals surface area contributed by atoms with Crippen LogP contribution >= 0.6 is 0 Å². The molecule has 138 valence electrons. The molecule has 0 bridgehead atoms. The van der Waals surface area contributed by atoms with Crippen LogP contribution in [0.15, 0.2) is 54.6 Å². The highest BCUT2D eigenvalue weighted by molar-refractivity contribution is 5.95. The number of nitrogens with zero attached hydrogens (tertiary/aromatic N) is 2. The van der Waals surface area contributed by atoms with Gasteiger partial charge in [0.15, 0.2) is 0 Å². The molecule has 4 rings (SSSR count). The minimum atomic E-state index is -0.356. The first-order valence-corrected chi connectivity index (χ1v) is 8.97. The van der Waals surface area contributed by atoms with Crippen molar-refractivity contribution in [2.75, 3.05) is 25.0 Å². The standard InChI is InChI=1S/C21H20FN3O2/c22-18-6-7-19-17(12-18)13-25(21(27)23-19)14-20(26)24-10-8-16(9-11-24)15-4-2-1-3-5-15/h1-8,12H,9-11,13-14H2,(H,23,27). The van der Waals surface area contributed by atoms with Crippen LogP contribution in [0.4, 0.5) is 14.9 Å². The lowest BCUT2D eigenvalue weighted by Crippen LogP contribution is -2.46.